The normalized spacial score (nSPS) is 16.6. The third kappa shape index (κ3) is 2.09. The fourth-order valence-corrected chi connectivity index (χ4v) is 1.84. The molecule has 0 bridgehead atoms. The lowest BCUT2D eigenvalue weighted by molar-refractivity contribution is -0.118. The van der Waals surface area contributed by atoms with Crippen LogP contribution in [0.25, 0.3) is 0 Å². The Morgan fingerprint density at radius 2 is 2.00 bits per heavy atom. The number of carbonyl (C=O) groups is 1. The molecule has 1 aromatic rings. The summed E-state index contributed by atoms with van der Waals surface area (Å²) >= 11 is 0. The molecular weight excluding hydrogens is 186 g/mol. The van der Waals surface area contributed by atoms with Crippen LogP contribution in [0.4, 0.5) is 5.69 Å². The van der Waals surface area contributed by atoms with Crippen LogP contribution in [0.2, 0.25) is 0 Å². The molecule has 1 aromatic carbocycles. The van der Waals surface area contributed by atoms with Gasteiger partial charge in [0.2, 0.25) is 5.91 Å². The molecule has 0 aromatic heterocycles. The summed E-state index contributed by atoms with van der Waals surface area (Å²) in [6, 6.07) is 8.02. The maximum absolute atomic E-state index is 11.9. The number of allylic oxidation sites excluding steroid dienone is 1. The number of carbonyl (C=O) groups excluding carboxylic acids is 1. The van der Waals surface area contributed by atoms with Gasteiger partial charge in [-0.3, -0.25) is 4.79 Å². The molecule has 2 rings (SSSR count). The number of nitrogens with zero attached hydrogens (tertiary/aromatic N) is 1. The second kappa shape index (κ2) is 4.30. The van der Waals surface area contributed by atoms with Gasteiger partial charge >= 0.3 is 0 Å². The zero-order valence-corrected chi connectivity index (χ0v) is 8.94. The number of hydrogen-bond donors (Lipinski definition) is 0. The van der Waals surface area contributed by atoms with Crippen LogP contribution in [0.15, 0.2) is 36.4 Å². The predicted molar refractivity (Wildman–Crippen MR) is 61.9 cm³/mol. The largest absolute Gasteiger partial charge is 0.308 e. The Morgan fingerprint density at radius 3 is 2.80 bits per heavy atom. The van der Waals surface area contributed by atoms with E-state index in [1.807, 2.05) is 36.1 Å². The fourth-order valence-electron chi connectivity index (χ4n) is 1.84. The van der Waals surface area contributed by atoms with Crippen LogP contribution in [0.3, 0.4) is 0 Å². The summed E-state index contributed by atoms with van der Waals surface area (Å²) in [6.07, 6.45) is 5.62. The minimum atomic E-state index is 0.217. The number of benzene rings is 1. The maximum Gasteiger partial charge on any atom is 0.227 e. The van der Waals surface area contributed by atoms with Crippen LogP contribution in [0.5, 0.6) is 0 Å². The summed E-state index contributed by atoms with van der Waals surface area (Å²) in [5.41, 5.74) is 2.19. The molecule has 15 heavy (non-hydrogen) atoms. The van der Waals surface area contributed by atoms with Crippen molar-refractivity contribution in [2.24, 2.45) is 0 Å². The molecule has 1 aliphatic heterocycles. The van der Waals surface area contributed by atoms with Gasteiger partial charge in [-0.25, -0.2) is 0 Å². The van der Waals surface area contributed by atoms with Crippen LogP contribution in [-0.2, 0) is 4.79 Å². The molecule has 0 N–H and O–H groups in total. The van der Waals surface area contributed by atoms with Gasteiger partial charge < -0.3 is 4.90 Å². The Morgan fingerprint density at radius 1 is 1.20 bits per heavy atom. The van der Waals surface area contributed by atoms with E-state index in [0.717, 1.165) is 17.7 Å². The van der Waals surface area contributed by atoms with Crippen molar-refractivity contribution < 1.29 is 4.79 Å². The highest BCUT2D eigenvalue weighted by molar-refractivity contribution is 5.94. The first kappa shape index (κ1) is 9.97. The molecule has 0 spiro atoms. The van der Waals surface area contributed by atoms with Crippen LogP contribution in [-0.4, -0.2) is 12.5 Å². The van der Waals surface area contributed by atoms with E-state index in [-0.39, 0.29) is 5.91 Å². The highest BCUT2D eigenvalue weighted by Gasteiger charge is 2.16. The third-order valence-electron chi connectivity index (χ3n) is 2.69. The van der Waals surface area contributed by atoms with Crippen LogP contribution in [0.1, 0.15) is 18.4 Å². The molecule has 0 aliphatic carbocycles. The Bertz CT molecular complexity index is 395. The molecule has 2 heteroatoms. The molecule has 0 saturated heterocycles. The molecule has 1 amide bonds. The molecule has 78 valence electrons. The first-order valence-corrected chi connectivity index (χ1v) is 5.30. The summed E-state index contributed by atoms with van der Waals surface area (Å²) in [7, 11) is 0. The molecule has 0 unspecified atom stereocenters. The number of hydrogen-bond acceptors (Lipinski definition) is 1. The molecule has 0 saturated carbocycles. The Kier molecular flexibility index (Phi) is 2.86. The summed E-state index contributed by atoms with van der Waals surface area (Å²) in [6.45, 7) is 2.74. The van der Waals surface area contributed by atoms with Crippen molar-refractivity contribution in [3.05, 3.63) is 42.0 Å². The molecule has 0 radical (unpaired) electrons. The van der Waals surface area contributed by atoms with E-state index in [0.29, 0.717) is 13.0 Å². The predicted octanol–water partition coefficient (Wildman–Crippen LogP) is 2.68. The van der Waals surface area contributed by atoms with Gasteiger partial charge in [-0.1, -0.05) is 30.4 Å². The van der Waals surface area contributed by atoms with Crippen molar-refractivity contribution >= 4 is 11.6 Å². The van der Waals surface area contributed by atoms with Gasteiger partial charge in [-0.15, -0.1) is 0 Å². The van der Waals surface area contributed by atoms with E-state index < -0.39 is 0 Å². The second-order valence-corrected chi connectivity index (χ2v) is 3.80. The van der Waals surface area contributed by atoms with E-state index in [2.05, 4.69) is 12.2 Å². The smallest absolute Gasteiger partial charge is 0.227 e. The highest BCUT2D eigenvalue weighted by atomic mass is 16.2. The monoisotopic (exact) mass is 201 g/mol. The van der Waals surface area contributed by atoms with Crippen molar-refractivity contribution in [2.75, 3.05) is 11.4 Å². The molecule has 1 aliphatic rings. The minimum absolute atomic E-state index is 0.217. The zero-order valence-electron chi connectivity index (χ0n) is 8.94. The number of aryl methyl sites for hydroxylation is 1. The van der Waals surface area contributed by atoms with E-state index in [1.54, 1.807) is 0 Å². The van der Waals surface area contributed by atoms with Gasteiger partial charge in [0.15, 0.2) is 0 Å². The van der Waals surface area contributed by atoms with E-state index in [9.17, 15) is 4.79 Å². The van der Waals surface area contributed by atoms with E-state index in [1.165, 1.54) is 0 Å². The van der Waals surface area contributed by atoms with Crippen molar-refractivity contribution in [1.82, 2.24) is 0 Å². The van der Waals surface area contributed by atoms with Gasteiger partial charge in [0.1, 0.15) is 0 Å². The second-order valence-electron chi connectivity index (χ2n) is 3.80. The summed E-state index contributed by atoms with van der Waals surface area (Å²) in [5, 5.41) is 0. The molecular formula is C13H15NO. The van der Waals surface area contributed by atoms with Crippen molar-refractivity contribution in [1.29, 1.82) is 0 Å². The van der Waals surface area contributed by atoms with Crippen LogP contribution < -0.4 is 4.90 Å². The molecule has 0 fully saturated rings. The number of anilines is 1. The lowest BCUT2D eigenvalue weighted by Crippen LogP contribution is -2.30. The van der Waals surface area contributed by atoms with Crippen LogP contribution >= 0.6 is 0 Å². The number of rotatable bonds is 1. The SMILES string of the molecule is Cc1ccccc1N1CC=CCCC1=O. The minimum Gasteiger partial charge on any atom is -0.308 e. The van der Waals surface area contributed by atoms with Gasteiger partial charge in [-0.05, 0) is 25.0 Å². The average Bonchev–Trinajstić information content (AvgIpc) is 2.44. The maximum atomic E-state index is 11.9. The average molecular weight is 201 g/mol. The molecule has 0 atom stereocenters. The van der Waals surface area contributed by atoms with Crippen LogP contribution in [0, 0.1) is 6.92 Å². The van der Waals surface area contributed by atoms with E-state index >= 15 is 0 Å². The zero-order chi connectivity index (χ0) is 10.7. The van der Waals surface area contributed by atoms with Crippen molar-refractivity contribution in [3.8, 4) is 0 Å². The first-order valence-electron chi connectivity index (χ1n) is 5.30. The standard InChI is InChI=1S/C13H15NO/c1-11-7-4-5-8-12(11)14-10-6-2-3-9-13(14)15/h2,4-8H,3,9-10H2,1H3. The highest BCUT2D eigenvalue weighted by Crippen LogP contribution is 2.21. The van der Waals surface area contributed by atoms with Gasteiger partial charge in [-0.2, -0.15) is 0 Å². The van der Waals surface area contributed by atoms with E-state index in [4.69, 9.17) is 0 Å². The lowest BCUT2D eigenvalue weighted by atomic mass is 10.1. The molecule has 2 nitrogen and oxygen atoms in total. The number of amides is 1. The van der Waals surface area contributed by atoms with Crippen molar-refractivity contribution in [2.45, 2.75) is 19.8 Å². The Labute approximate surface area is 90.2 Å². The van der Waals surface area contributed by atoms with Gasteiger partial charge in [0.05, 0.1) is 0 Å². The first-order chi connectivity index (χ1) is 7.29. The summed E-state index contributed by atoms with van der Waals surface area (Å²) in [4.78, 5) is 13.7. The van der Waals surface area contributed by atoms with Gasteiger partial charge in [0.25, 0.3) is 0 Å². The fraction of sp³-hybridized carbons (Fsp3) is 0.308. The topological polar surface area (TPSA) is 20.3 Å². The number of para-hydroxylation sites is 1. The third-order valence-corrected chi connectivity index (χ3v) is 2.69. The quantitative estimate of drug-likeness (QED) is 0.640. The van der Waals surface area contributed by atoms with Crippen molar-refractivity contribution in [3.63, 3.8) is 0 Å². The summed E-state index contributed by atoms with van der Waals surface area (Å²) in [5.74, 6) is 0.217. The summed E-state index contributed by atoms with van der Waals surface area (Å²) < 4.78 is 0. The lowest BCUT2D eigenvalue weighted by Gasteiger charge is -2.21. The Hall–Kier alpha value is -1.57. The van der Waals surface area contributed by atoms with Gasteiger partial charge in [0, 0.05) is 18.7 Å². The Balaban J connectivity index is 2.32. The molecule has 1 heterocycles.